The summed E-state index contributed by atoms with van der Waals surface area (Å²) in [7, 11) is 0. The minimum Gasteiger partial charge on any atom is -0.241 e. The summed E-state index contributed by atoms with van der Waals surface area (Å²) in [5.74, 6) is 1.91. The van der Waals surface area contributed by atoms with E-state index in [1.54, 1.807) is 0 Å². The smallest absolute Gasteiger partial charge is 0.0964 e. The Labute approximate surface area is 143 Å². The number of thioether (sulfide) groups is 1. The van der Waals surface area contributed by atoms with Crippen LogP contribution >= 0.6 is 39.0 Å². The third kappa shape index (κ3) is 3.54. The first-order valence-electron chi connectivity index (χ1n) is 7.45. The highest BCUT2D eigenvalue weighted by Gasteiger charge is 2.33. The van der Waals surface area contributed by atoms with E-state index in [2.05, 4.69) is 71.2 Å². The molecule has 1 fully saturated rings. The fraction of sp³-hybridized carbons (Fsp3) is 0.471. The van der Waals surface area contributed by atoms with Crippen molar-refractivity contribution >= 4 is 39.0 Å². The van der Waals surface area contributed by atoms with Gasteiger partial charge in [-0.05, 0) is 37.1 Å². The Morgan fingerprint density at radius 2 is 2.10 bits per heavy atom. The van der Waals surface area contributed by atoms with Crippen molar-refractivity contribution < 1.29 is 0 Å². The maximum absolute atomic E-state index is 4.93. The predicted octanol–water partition coefficient (Wildman–Crippen LogP) is 6.35. The average molecular weight is 382 g/mol. The highest BCUT2D eigenvalue weighted by molar-refractivity contribution is 9.10. The highest BCUT2D eigenvalue weighted by atomic mass is 79.9. The minimum absolute atomic E-state index is 0.437. The van der Waals surface area contributed by atoms with Gasteiger partial charge in [0.05, 0.1) is 10.7 Å². The SMILES string of the molecule is CC[C@@]1(C)C[C@@H](c2nc(-c3ccc(Br)cc3)cs2)CCS1. The topological polar surface area (TPSA) is 12.9 Å². The summed E-state index contributed by atoms with van der Waals surface area (Å²) in [5.41, 5.74) is 2.34. The van der Waals surface area contributed by atoms with Crippen LogP contribution in [0.15, 0.2) is 34.1 Å². The zero-order valence-corrected chi connectivity index (χ0v) is 15.7. The fourth-order valence-electron chi connectivity index (χ4n) is 2.82. The Bertz CT molecular complexity index is 608. The largest absolute Gasteiger partial charge is 0.241 e. The van der Waals surface area contributed by atoms with Gasteiger partial charge in [0.25, 0.3) is 0 Å². The lowest BCUT2D eigenvalue weighted by atomic mass is 9.91. The molecule has 4 heteroatoms. The maximum Gasteiger partial charge on any atom is 0.0964 e. The number of hydrogen-bond acceptors (Lipinski definition) is 3. The van der Waals surface area contributed by atoms with Crippen LogP contribution in [-0.2, 0) is 0 Å². The number of hydrogen-bond donors (Lipinski definition) is 0. The highest BCUT2D eigenvalue weighted by Crippen LogP contribution is 2.46. The lowest BCUT2D eigenvalue weighted by molar-refractivity contribution is 0.468. The second-order valence-electron chi connectivity index (χ2n) is 5.92. The Hall–Kier alpha value is -0.320. The quantitative estimate of drug-likeness (QED) is 0.613. The first-order chi connectivity index (χ1) is 10.1. The zero-order chi connectivity index (χ0) is 14.9. The standard InChI is InChI=1S/C17H20BrNS2/c1-3-17(2)10-13(8-9-21-17)16-19-15(11-20-16)12-4-6-14(18)7-5-12/h4-7,11,13H,3,8-10H2,1-2H3/t13-,17-/m0/s1. The van der Waals surface area contributed by atoms with Crippen molar-refractivity contribution in [3.63, 3.8) is 0 Å². The van der Waals surface area contributed by atoms with Gasteiger partial charge >= 0.3 is 0 Å². The van der Waals surface area contributed by atoms with Crippen LogP contribution in [0.5, 0.6) is 0 Å². The van der Waals surface area contributed by atoms with Crippen molar-refractivity contribution in [3.05, 3.63) is 39.1 Å². The van der Waals surface area contributed by atoms with Gasteiger partial charge in [-0.25, -0.2) is 4.98 Å². The molecule has 0 aliphatic carbocycles. The van der Waals surface area contributed by atoms with Crippen LogP contribution in [-0.4, -0.2) is 15.5 Å². The summed E-state index contributed by atoms with van der Waals surface area (Å²) < 4.78 is 1.55. The van der Waals surface area contributed by atoms with E-state index in [1.165, 1.54) is 35.6 Å². The summed E-state index contributed by atoms with van der Waals surface area (Å²) in [4.78, 5) is 4.93. The van der Waals surface area contributed by atoms with Crippen LogP contribution in [0.4, 0.5) is 0 Å². The Balaban J connectivity index is 1.80. The third-order valence-corrected chi connectivity index (χ3v) is 7.48. The number of aromatic nitrogens is 1. The lowest BCUT2D eigenvalue weighted by Gasteiger charge is -2.36. The van der Waals surface area contributed by atoms with E-state index in [-0.39, 0.29) is 0 Å². The molecule has 1 aliphatic rings. The summed E-state index contributed by atoms with van der Waals surface area (Å²) in [6, 6.07) is 8.44. The molecule has 1 aromatic heterocycles. The minimum atomic E-state index is 0.437. The molecule has 0 saturated carbocycles. The summed E-state index contributed by atoms with van der Waals surface area (Å²) >= 11 is 7.46. The normalized spacial score (nSPS) is 26.0. The molecule has 1 aromatic carbocycles. The first-order valence-corrected chi connectivity index (χ1v) is 10.1. The molecule has 2 atom stereocenters. The number of nitrogens with zero attached hydrogens (tertiary/aromatic N) is 1. The van der Waals surface area contributed by atoms with E-state index in [0.29, 0.717) is 10.7 Å². The number of thiazole rings is 1. The summed E-state index contributed by atoms with van der Waals surface area (Å²) in [5, 5.41) is 3.54. The number of benzene rings is 1. The van der Waals surface area contributed by atoms with Gasteiger partial charge in [-0.1, -0.05) is 41.9 Å². The van der Waals surface area contributed by atoms with Crippen molar-refractivity contribution in [1.82, 2.24) is 4.98 Å². The molecule has 0 N–H and O–H groups in total. The van der Waals surface area contributed by atoms with Crippen LogP contribution in [0, 0.1) is 0 Å². The lowest BCUT2D eigenvalue weighted by Crippen LogP contribution is -2.27. The average Bonchev–Trinajstić information content (AvgIpc) is 2.98. The molecule has 1 saturated heterocycles. The summed E-state index contributed by atoms with van der Waals surface area (Å²) in [6.07, 6.45) is 3.79. The van der Waals surface area contributed by atoms with Crippen molar-refractivity contribution in [2.24, 2.45) is 0 Å². The summed E-state index contributed by atoms with van der Waals surface area (Å²) in [6.45, 7) is 4.72. The van der Waals surface area contributed by atoms with Crippen LogP contribution in [0.25, 0.3) is 11.3 Å². The van der Waals surface area contributed by atoms with Crippen molar-refractivity contribution in [1.29, 1.82) is 0 Å². The van der Waals surface area contributed by atoms with Gasteiger partial charge in [0.1, 0.15) is 0 Å². The predicted molar refractivity (Wildman–Crippen MR) is 98.4 cm³/mol. The van der Waals surface area contributed by atoms with Gasteiger partial charge in [0, 0.05) is 26.1 Å². The molecule has 112 valence electrons. The molecule has 1 aliphatic heterocycles. The van der Waals surface area contributed by atoms with Crippen molar-refractivity contribution in [2.45, 2.75) is 43.8 Å². The van der Waals surface area contributed by atoms with Gasteiger partial charge < -0.3 is 0 Å². The molecule has 21 heavy (non-hydrogen) atoms. The maximum atomic E-state index is 4.93. The van der Waals surface area contributed by atoms with Crippen LogP contribution in [0.1, 0.15) is 44.0 Å². The fourth-order valence-corrected chi connectivity index (χ4v) is 5.46. The van der Waals surface area contributed by atoms with Crippen molar-refractivity contribution in [2.75, 3.05) is 5.75 Å². The van der Waals surface area contributed by atoms with Crippen LogP contribution in [0.2, 0.25) is 0 Å². The zero-order valence-electron chi connectivity index (χ0n) is 12.4. The molecule has 3 rings (SSSR count). The van der Waals surface area contributed by atoms with Gasteiger partial charge in [-0.3, -0.25) is 0 Å². The van der Waals surface area contributed by atoms with E-state index in [4.69, 9.17) is 4.98 Å². The van der Waals surface area contributed by atoms with E-state index >= 15 is 0 Å². The van der Waals surface area contributed by atoms with Crippen molar-refractivity contribution in [3.8, 4) is 11.3 Å². The molecule has 0 spiro atoms. The van der Waals surface area contributed by atoms with Gasteiger partial charge in [0.2, 0.25) is 0 Å². The Morgan fingerprint density at radius 3 is 2.81 bits per heavy atom. The molecule has 0 radical (unpaired) electrons. The molecular formula is C17H20BrNS2. The van der Waals surface area contributed by atoms with E-state index in [1.807, 2.05) is 11.3 Å². The van der Waals surface area contributed by atoms with E-state index in [9.17, 15) is 0 Å². The molecule has 0 unspecified atom stereocenters. The number of rotatable bonds is 3. The van der Waals surface area contributed by atoms with Crippen LogP contribution < -0.4 is 0 Å². The monoisotopic (exact) mass is 381 g/mol. The van der Waals surface area contributed by atoms with Crippen LogP contribution in [0.3, 0.4) is 0 Å². The molecular weight excluding hydrogens is 362 g/mol. The Kier molecular flexibility index (Phi) is 4.77. The second-order valence-corrected chi connectivity index (χ2v) is 9.41. The van der Waals surface area contributed by atoms with Gasteiger partial charge in [-0.15, -0.1) is 11.3 Å². The number of halogens is 1. The Morgan fingerprint density at radius 1 is 1.33 bits per heavy atom. The van der Waals surface area contributed by atoms with E-state index in [0.717, 1.165) is 10.2 Å². The van der Waals surface area contributed by atoms with Gasteiger partial charge in [0.15, 0.2) is 0 Å². The van der Waals surface area contributed by atoms with E-state index < -0.39 is 0 Å². The molecule has 0 amide bonds. The molecule has 2 aromatic rings. The second kappa shape index (κ2) is 6.43. The molecule has 0 bridgehead atoms. The third-order valence-electron chi connectivity index (χ3n) is 4.35. The molecule has 2 heterocycles. The first kappa shape index (κ1) is 15.6. The molecule has 1 nitrogen and oxygen atoms in total. The van der Waals surface area contributed by atoms with Gasteiger partial charge in [-0.2, -0.15) is 11.8 Å².